The largest absolute Gasteiger partial charge is 0.464 e. The maximum Gasteiger partial charge on any atom is 0.356 e. The van der Waals surface area contributed by atoms with E-state index in [4.69, 9.17) is 11.6 Å². The zero-order valence-corrected chi connectivity index (χ0v) is 9.47. The number of carbonyl (C=O) groups excluding carboxylic acids is 1. The molecule has 0 aliphatic heterocycles. The SMILES string of the molecule is COC(=O)c1nc(Cl)c(C2CC2)cc1C. The molecule has 15 heavy (non-hydrogen) atoms. The monoisotopic (exact) mass is 225 g/mol. The minimum Gasteiger partial charge on any atom is -0.464 e. The fraction of sp³-hybridized carbons (Fsp3) is 0.455. The molecule has 0 atom stereocenters. The van der Waals surface area contributed by atoms with Crippen molar-refractivity contribution >= 4 is 17.6 Å². The van der Waals surface area contributed by atoms with E-state index in [9.17, 15) is 4.79 Å². The molecule has 0 unspecified atom stereocenters. The van der Waals surface area contributed by atoms with Gasteiger partial charge in [-0.05, 0) is 36.8 Å². The maximum absolute atomic E-state index is 11.3. The van der Waals surface area contributed by atoms with Crippen LogP contribution in [0.3, 0.4) is 0 Å². The highest BCUT2D eigenvalue weighted by Gasteiger charge is 2.28. The van der Waals surface area contributed by atoms with E-state index in [1.165, 1.54) is 20.0 Å². The highest BCUT2D eigenvalue weighted by molar-refractivity contribution is 6.30. The number of aromatic nitrogens is 1. The molecule has 0 radical (unpaired) electrons. The number of rotatable bonds is 2. The number of hydrogen-bond acceptors (Lipinski definition) is 3. The molecule has 1 fully saturated rings. The highest BCUT2D eigenvalue weighted by atomic mass is 35.5. The number of hydrogen-bond donors (Lipinski definition) is 0. The molecule has 80 valence electrons. The summed E-state index contributed by atoms with van der Waals surface area (Å²) in [5.74, 6) is 0.104. The van der Waals surface area contributed by atoms with Gasteiger partial charge in [0.1, 0.15) is 5.15 Å². The lowest BCUT2D eigenvalue weighted by Gasteiger charge is -2.07. The molecule has 1 heterocycles. The molecule has 1 aromatic rings. The summed E-state index contributed by atoms with van der Waals surface area (Å²) in [7, 11) is 1.34. The van der Waals surface area contributed by atoms with E-state index < -0.39 is 5.97 Å². The van der Waals surface area contributed by atoms with E-state index in [0.717, 1.165) is 11.1 Å². The lowest BCUT2D eigenvalue weighted by atomic mass is 10.1. The number of methoxy groups -OCH3 is 1. The van der Waals surface area contributed by atoms with Crippen LogP contribution in [0.4, 0.5) is 0 Å². The van der Waals surface area contributed by atoms with E-state index in [1.807, 2.05) is 13.0 Å². The number of nitrogens with zero attached hydrogens (tertiary/aromatic N) is 1. The molecule has 2 rings (SSSR count). The molecule has 0 N–H and O–H groups in total. The predicted molar refractivity (Wildman–Crippen MR) is 57.3 cm³/mol. The third kappa shape index (κ3) is 1.97. The first-order valence-corrected chi connectivity index (χ1v) is 5.26. The molecule has 0 aromatic carbocycles. The van der Waals surface area contributed by atoms with Gasteiger partial charge in [-0.25, -0.2) is 9.78 Å². The van der Waals surface area contributed by atoms with Crippen molar-refractivity contribution in [3.63, 3.8) is 0 Å². The van der Waals surface area contributed by atoms with Gasteiger partial charge in [0, 0.05) is 0 Å². The van der Waals surface area contributed by atoms with Crippen molar-refractivity contribution in [2.45, 2.75) is 25.7 Å². The Bertz CT molecular complexity index is 413. The normalized spacial score (nSPS) is 15.1. The zero-order valence-electron chi connectivity index (χ0n) is 8.71. The molecule has 0 saturated heterocycles. The van der Waals surface area contributed by atoms with Gasteiger partial charge >= 0.3 is 5.97 Å². The van der Waals surface area contributed by atoms with Crippen molar-refractivity contribution in [2.75, 3.05) is 7.11 Å². The molecule has 1 aliphatic rings. The van der Waals surface area contributed by atoms with Crippen LogP contribution in [0.5, 0.6) is 0 Å². The second-order valence-corrected chi connectivity index (χ2v) is 4.16. The van der Waals surface area contributed by atoms with Crippen LogP contribution in [0.15, 0.2) is 6.07 Å². The van der Waals surface area contributed by atoms with E-state index in [2.05, 4.69) is 9.72 Å². The first-order chi connectivity index (χ1) is 7.13. The topological polar surface area (TPSA) is 39.2 Å². The van der Waals surface area contributed by atoms with Gasteiger partial charge in [0.25, 0.3) is 0 Å². The van der Waals surface area contributed by atoms with Crippen molar-refractivity contribution in [1.29, 1.82) is 0 Å². The molecule has 0 bridgehead atoms. The van der Waals surface area contributed by atoms with Gasteiger partial charge in [-0.15, -0.1) is 0 Å². The van der Waals surface area contributed by atoms with Crippen LogP contribution in [0, 0.1) is 6.92 Å². The van der Waals surface area contributed by atoms with Crippen LogP contribution in [0.2, 0.25) is 5.15 Å². The van der Waals surface area contributed by atoms with Gasteiger partial charge in [0.15, 0.2) is 5.69 Å². The third-order valence-electron chi connectivity index (χ3n) is 2.59. The predicted octanol–water partition coefficient (Wildman–Crippen LogP) is 2.71. The fourth-order valence-corrected chi connectivity index (χ4v) is 1.89. The van der Waals surface area contributed by atoms with Crippen molar-refractivity contribution in [3.05, 3.63) is 28.0 Å². The molecule has 3 nitrogen and oxygen atoms in total. The van der Waals surface area contributed by atoms with Gasteiger partial charge < -0.3 is 4.74 Å². The molecule has 1 aliphatic carbocycles. The fourth-order valence-electron chi connectivity index (χ4n) is 1.60. The van der Waals surface area contributed by atoms with Gasteiger partial charge in [-0.2, -0.15) is 0 Å². The van der Waals surface area contributed by atoms with E-state index >= 15 is 0 Å². The molecule has 0 amide bonds. The molecule has 1 aromatic heterocycles. The average Bonchev–Trinajstić information content (AvgIpc) is 3.03. The number of pyridine rings is 1. The maximum atomic E-state index is 11.3. The molecular formula is C11H12ClNO2. The second kappa shape index (κ2) is 3.81. The summed E-state index contributed by atoms with van der Waals surface area (Å²) >= 11 is 6.02. The number of aryl methyl sites for hydroxylation is 1. The molecular weight excluding hydrogens is 214 g/mol. The Morgan fingerprint density at radius 2 is 2.27 bits per heavy atom. The van der Waals surface area contributed by atoms with Gasteiger partial charge in [-0.1, -0.05) is 17.7 Å². The first-order valence-electron chi connectivity index (χ1n) is 4.89. The standard InChI is InChI=1S/C11H12ClNO2/c1-6-5-8(7-3-4-7)10(12)13-9(6)11(14)15-2/h5,7H,3-4H2,1-2H3. The summed E-state index contributed by atoms with van der Waals surface area (Å²) in [6.07, 6.45) is 2.33. The molecule has 0 spiro atoms. The lowest BCUT2D eigenvalue weighted by molar-refractivity contribution is 0.0593. The second-order valence-electron chi connectivity index (χ2n) is 3.80. The Kier molecular flexibility index (Phi) is 2.65. The number of halogens is 1. The summed E-state index contributed by atoms with van der Waals surface area (Å²) < 4.78 is 4.63. The summed E-state index contributed by atoms with van der Waals surface area (Å²) in [5, 5.41) is 0.434. The Morgan fingerprint density at radius 1 is 1.60 bits per heavy atom. The third-order valence-corrected chi connectivity index (χ3v) is 2.89. The minimum atomic E-state index is -0.434. The first kappa shape index (κ1) is 10.4. The summed E-state index contributed by atoms with van der Waals surface area (Å²) in [6.45, 7) is 1.85. The number of carbonyl (C=O) groups is 1. The Hall–Kier alpha value is -1.09. The lowest BCUT2D eigenvalue weighted by Crippen LogP contribution is -2.08. The van der Waals surface area contributed by atoms with Crippen molar-refractivity contribution in [3.8, 4) is 0 Å². The van der Waals surface area contributed by atoms with Gasteiger partial charge in [-0.3, -0.25) is 0 Å². The van der Waals surface area contributed by atoms with Crippen LogP contribution < -0.4 is 0 Å². The number of esters is 1. The Balaban J connectivity index is 2.42. The highest BCUT2D eigenvalue weighted by Crippen LogP contribution is 2.43. The smallest absolute Gasteiger partial charge is 0.356 e. The Morgan fingerprint density at radius 3 is 2.80 bits per heavy atom. The van der Waals surface area contributed by atoms with Crippen LogP contribution >= 0.6 is 11.6 Å². The van der Waals surface area contributed by atoms with Crippen LogP contribution in [0.1, 0.15) is 40.4 Å². The van der Waals surface area contributed by atoms with E-state index in [-0.39, 0.29) is 0 Å². The zero-order chi connectivity index (χ0) is 11.0. The molecule has 4 heteroatoms. The quantitative estimate of drug-likeness (QED) is 0.574. The summed E-state index contributed by atoms with van der Waals surface area (Å²) in [6, 6.07) is 1.94. The van der Waals surface area contributed by atoms with Gasteiger partial charge in [0.2, 0.25) is 0 Å². The average molecular weight is 226 g/mol. The Labute approximate surface area is 93.4 Å². The van der Waals surface area contributed by atoms with Crippen LogP contribution in [-0.2, 0) is 4.74 Å². The summed E-state index contributed by atoms with van der Waals surface area (Å²) in [4.78, 5) is 15.4. The van der Waals surface area contributed by atoms with Crippen LogP contribution in [0.25, 0.3) is 0 Å². The molecule has 1 saturated carbocycles. The minimum absolute atomic E-state index is 0.312. The number of ether oxygens (including phenoxy) is 1. The van der Waals surface area contributed by atoms with E-state index in [0.29, 0.717) is 16.8 Å². The van der Waals surface area contributed by atoms with Crippen molar-refractivity contribution in [1.82, 2.24) is 4.98 Å². The van der Waals surface area contributed by atoms with E-state index in [1.54, 1.807) is 0 Å². The van der Waals surface area contributed by atoms with Gasteiger partial charge in [0.05, 0.1) is 7.11 Å². The van der Waals surface area contributed by atoms with Crippen molar-refractivity contribution < 1.29 is 9.53 Å². The van der Waals surface area contributed by atoms with Crippen molar-refractivity contribution in [2.24, 2.45) is 0 Å². The van der Waals surface area contributed by atoms with Crippen LogP contribution in [-0.4, -0.2) is 18.1 Å². The summed E-state index contributed by atoms with van der Waals surface area (Å²) in [5.41, 5.74) is 2.20.